The summed E-state index contributed by atoms with van der Waals surface area (Å²) < 4.78 is 34.6. The molecule has 182 valence electrons. The van der Waals surface area contributed by atoms with E-state index in [4.69, 9.17) is 27.9 Å². The van der Waals surface area contributed by atoms with Gasteiger partial charge in [-0.1, -0.05) is 71.7 Å². The molecule has 37 heavy (non-hydrogen) atoms. The van der Waals surface area contributed by atoms with Crippen LogP contribution in [0.3, 0.4) is 0 Å². The number of amides is 1. The van der Waals surface area contributed by atoms with Crippen LogP contribution >= 0.6 is 23.2 Å². The minimum Gasteiger partial charge on any atom is -0.538 e. The molecule has 0 aliphatic heterocycles. The molecule has 0 saturated heterocycles. The van der Waals surface area contributed by atoms with Crippen LogP contribution < -0.4 is 34.3 Å². The average Bonchev–Trinajstić information content (AvgIpc) is 3.26. The van der Waals surface area contributed by atoms with Crippen molar-refractivity contribution in [2.75, 3.05) is 0 Å². The second kappa shape index (κ2) is 11.6. The standard InChI is InChI=1S/C28H21Cl2NO4S.Na/c29-23-10-13-27(26(30)17-23)36(33,34)31-28(32)19-8-11-24(12-9-19)35-25-15-21-7-6-20(14-22(21)16-25)18-4-2-1-3-5-18;/h1-14,17,25H,15-16H2,(H,31,32);/q;+1/p-1. The molecule has 0 fully saturated rings. The first-order chi connectivity index (χ1) is 17.3. The molecule has 1 aliphatic carbocycles. The average molecular weight is 560 g/mol. The summed E-state index contributed by atoms with van der Waals surface area (Å²) in [6.07, 6.45) is 1.55. The monoisotopic (exact) mass is 559 g/mol. The zero-order chi connectivity index (χ0) is 25.3. The number of benzene rings is 4. The maximum absolute atomic E-state index is 12.5. The SMILES string of the molecule is O=C([N-]S(=O)(=O)c1ccc(Cl)cc1Cl)c1ccc(OC2Cc3ccc(-c4ccccc4)cc3C2)cc1.[Na+]. The summed E-state index contributed by atoms with van der Waals surface area (Å²) >= 11 is 11.8. The second-order valence-electron chi connectivity index (χ2n) is 8.47. The number of hydrogen-bond donors (Lipinski definition) is 0. The van der Waals surface area contributed by atoms with Crippen LogP contribution in [0.1, 0.15) is 21.5 Å². The van der Waals surface area contributed by atoms with E-state index < -0.39 is 15.9 Å². The van der Waals surface area contributed by atoms with Gasteiger partial charge in [0.25, 0.3) is 0 Å². The largest absolute Gasteiger partial charge is 1.00 e. The first-order valence-corrected chi connectivity index (χ1v) is 13.4. The van der Waals surface area contributed by atoms with Crippen LogP contribution in [0.5, 0.6) is 5.75 Å². The smallest absolute Gasteiger partial charge is 0.538 e. The Morgan fingerprint density at radius 3 is 2.22 bits per heavy atom. The number of hydrogen-bond acceptors (Lipinski definition) is 4. The van der Waals surface area contributed by atoms with E-state index in [9.17, 15) is 13.2 Å². The van der Waals surface area contributed by atoms with Gasteiger partial charge in [-0.25, -0.2) is 8.42 Å². The summed E-state index contributed by atoms with van der Waals surface area (Å²) in [7, 11) is -4.28. The van der Waals surface area contributed by atoms with Gasteiger partial charge in [0.2, 0.25) is 0 Å². The Morgan fingerprint density at radius 2 is 1.51 bits per heavy atom. The second-order valence-corrected chi connectivity index (χ2v) is 10.9. The maximum Gasteiger partial charge on any atom is 1.00 e. The molecule has 0 N–H and O–H groups in total. The van der Waals surface area contributed by atoms with E-state index in [1.54, 1.807) is 12.1 Å². The van der Waals surface area contributed by atoms with Crippen LogP contribution in [0.2, 0.25) is 10.0 Å². The Balaban J connectivity index is 0.00000320. The first kappa shape index (κ1) is 27.7. The topological polar surface area (TPSA) is 74.5 Å². The zero-order valence-electron chi connectivity index (χ0n) is 19.9. The number of carbonyl (C=O) groups is 1. The third-order valence-electron chi connectivity index (χ3n) is 5.99. The number of carbonyl (C=O) groups excluding carboxylic acids is 1. The molecule has 5 rings (SSSR count). The molecule has 9 heteroatoms. The minimum atomic E-state index is -4.28. The molecule has 0 saturated carbocycles. The Hall–Kier alpha value is -2.32. The van der Waals surface area contributed by atoms with E-state index in [2.05, 4.69) is 35.1 Å². The summed E-state index contributed by atoms with van der Waals surface area (Å²) in [5.74, 6) is -0.300. The van der Waals surface area contributed by atoms with Crippen LogP contribution in [-0.4, -0.2) is 20.4 Å². The normalized spacial score (nSPS) is 14.4. The van der Waals surface area contributed by atoms with Crippen molar-refractivity contribution >= 4 is 39.1 Å². The number of rotatable bonds is 6. The van der Waals surface area contributed by atoms with Crippen molar-refractivity contribution in [1.82, 2.24) is 0 Å². The molecule has 0 heterocycles. The molecule has 5 nitrogen and oxygen atoms in total. The molecular formula is C28H20Cl2NNaO4S. The van der Waals surface area contributed by atoms with Crippen molar-refractivity contribution in [2.45, 2.75) is 23.8 Å². The van der Waals surface area contributed by atoms with E-state index >= 15 is 0 Å². The van der Waals surface area contributed by atoms with Gasteiger partial charge >= 0.3 is 29.6 Å². The van der Waals surface area contributed by atoms with Gasteiger partial charge < -0.3 is 14.3 Å². The van der Waals surface area contributed by atoms with E-state index in [0.29, 0.717) is 5.75 Å². The van der Waals surface area contributed by atoms with Crippen molar-refractivity contribution in [3.05, 3.63) is 122 Å². The maximum atomic E-state index is 12.5. The number of nitrogens with zero attached hydrogens (tertiary/aromatic N) is 1. The van der Waals surface area contributed by atoms with Gasteiger partial charge in [0.1, 0.15) is 21.9 Å². The summed E-state index contributed by atoms with van der Waals surface area (Å²) in [4.78, 5) is 12.2. The summed E-state index contributed by atoms with van der Waals surface area (Å²) in [6, 6.07) is 26.9. The fourth-order valence-corrected chi connectivity index (χ4v) is 5.90. The molecule has 1 unspecified atom stereocenters. The van der Waals surface area contributed by atoms with Crippen molar-refractivity contribution in [3.8, 4) is 16.9 Å². The van der Waals surface area contributed by atoms with Gasteiger partial charge in [0.05, 0.1) is 15.8 Å². The van der Waals surface area contributed by atoms with Crippen LogP contribution in [0, 0.1) is 0 Å². The molecule has 0 spiro atoms. The van der Waals surface area contributed by atoms with Gasteiger partial charge in [-0.15, -0.1) is 0 Å². The van der Waals surface area contributed by atoms with E-state index in [-0.39, 0.29) is 56.2 Å². The van der Waals surface area contributed by atoms with E-state index in [0.717, 1.165) is 12.8 Å². The van der Waals surface area contributed by atoms with Crippen LogP contribution in [0.15, 0.2) is 95.9 Å². The number of fused-ring (bicyclic) bond motifs is 1. The molecule has 4 aromatic rings. The molecular weight excluding hydrogens is 540 g/mol. The van der Waals surface area contributed by atoms with E-state index in [1.807, 2.05) is 18.2 Å². The van der Waals surface area contributed by atoms with Crippen molar-refractivity contribution in [3.63, 3.8) is 0 Å². The third kappa shape index (κ3) is 6.40. The summed E-state index contributed by atoms with van der Waals surface area (Å²) in [5.41, 5.74) is 5.00. The molecule has 0 bridgehead atoms. The molecule has 1 aliphatic rings. The van der Waals surface area contributed by atoms with Crippen molar-refractivity contribution in [1.29, 1.82) is 0 Å². The van der Waals surface area contributed by atoms with Gasteiger partial charge in [-0.3, -0.25) is 0 Å². The van der Waals surface area contributed by atoms with Gasteiger partial charge in [0.15, 0.2) is 0 Å². The van der Waals surface area contributed by atoms with Crippen molar-refractivity contribution < 1.29 is 47.5 Å². The molecule has 0 aromatic heterocycles. The van der Waals surface area contributed by atoms with Crippen LogP contribution in [0.4, 0.5) is 0 Å². The number of ether oxygens (including phenoxy) is 1. The predicted molar refractivity (Wildman–Crippen MR) is 141 cm³/mol. The Labute approximate surface area is 248 Å². The van der Waals surface area contributed by atoms with Gasteiger partial charge in [0, 0.05) is 23.4 Å². The molecule has 1 amide bonds. The Morgan fingerprint density at radius 1 is 0.811 bits per heavy atom. The van der Waals surface area contributed by atoms with Crippen LogP contribution in [-0.2, 0) is 22.9 Å². The minimum absolute atomic E-state index is 0. The van der Waals surface area contributed by atoms with Gasteiger partial charge in [-0.05, 0) is 64.7 Å². The predicted octanol–water partition coefficient (Wildman–Crippen LogP) is 4.11. The summed E-state index contributed by atoms with van der Waals surface area (Å²) in [5, 5.41) is 0.180. The number of sulfonamides is 1. The van der Waals surface area contributed by atoms with Crippen LogP contribution in [0.25, 0.3) is 15.8 Å². The Kier molecular flexibility index (Phi) is 8.69. The quantitative estimate of drug-likeness (QED) is 0.333. The molecule has 4 aromatic carbocycles. The van der Waals surface area contributed by atoms with Gasteiger partial charge in [-0.2, -0.15) is 0 Å². The number of halogens is 2. The first-order valence-electron chi connectivity index (χ1n) is 11.2. The molecule has 1 atom stereocenters. The zero-order valence-corrected chi connectivity index (χ0v) is 24.2. The fraction of sp³-hybridized carbons (Fsp3) is 0.107. The van der Waals surface area contributed by atoms with Crippen molar-refractivity contribution in [2.24, 2.45) is 0 Å². The van der Waals surface area contributed by atoms with E-state index in [1.165, 1.54) is 52.6 Å². The Bertz CT molecular complexity index is 1540. The third-order valence-corrected chi connectivity index (χ3v) is 7.97. The fourth-order valence-electron chi connectivity index (χ4n) is 4.24. The summed E-state index contributed by atoms with van der Waals surface area (Å²) in [6.45, 7) is 0. The molecule has 0 radical (unpaired) electrons.